The van der Waals surface area contributed by atoms with Crippen molar-refractivity contribution in [1.82, 2.24) is 5.32 Å². The molecule has 1 atom stereocenters. The molecule has 1 aliphatic rings. The van der Waals surface area contributed by atoms with Gasteiger partial charge in [0.25, 0.3) is 0 Å². The van der Waals surface area contributed by atoms with Gasteiger partial charge in [-0.1, -0.05) is 35.9 Å². The van der Waals surface area contributed by atoms with Crippen molar-refractivity contribution < 1.29 is 4.39 Å². The summed E-state index contributed by atoms with van der Waals surface area (Å²) in [7, 11) is 1.90. The lowest BCUT2D eigenvalue weighted by Crippen LogP contribution is -2.18. The molecule has 0 radical (unpaired) electrons. The van der Waals surface area contributed by atoms with Gasteiger partial charge in [0.1, 0.15) is 5.82 Å². The number of hydrogen-bond acceptors (Lipinski definition) is 1. The molecule has 1 aliphatic carbocycles. The predicted octanol–water partition coefficient (Wildman–Crippen LogP) is 4.67. The SMILES string of the molecule is CNC(c1ccc(Cl)c(F)c1)c1ccc2c(c1)CCCC2. The topological polar surface area (TPSA) is 12.0 Å². The molecule has 3 heteroatoms. The van der Waals surface area contributed by atoms with E-state index in [0.717, 1.165) is 12.0 Å². The minimum Gasteiger partial charge on any atom is -0.309 e. The summed E-state index contributed by atoms with van der Waals surface area (Å²) < 4.78 is 13.7. The van der Waals surface area contributed by atoms with Gasteiger partial charge in [-0.2, -0.15) is 0 Å². The third kappa shape index (κ3) is 2.97. The Kier molecular flexibility index (Phi) is 4.27. The van der Waals surface area contributed by atoms with Crippen molar-refractivity contribution in [2.24, 2.45) is 0 Å². The Hall–Kier alpha value is -1.38. The second-order valence-electron chi connectivity index (χ2n) is 5.63. The van der Waals surface area contributed by atoms with Crippen LogP contribution in [0.2, 0.25) is 5.02 Å². The molecular formula is C18H19ClFN. The van der Waals surface area contributed by atoms with Gasteiger partial charge >= 0.3 is 0 Å². The molecule has 1 N–H and O–H groups in total. The highest BCUT2D eigenvalue weighted by atomic mass is 35.5. The van der Waals surface area contributed by atoms with Crippen LogP contribution in [0, 0.1) is 5.82 Å². The minimum absolute atomic E-state index is 0.0102. The van der Waals surface area contributed by atoms with Crippen LogP contribution in [0.5, 0.6) is 0 Å². The maximum Gasteiger partial charge on any atom is 0.142 e. The number of benzene rings is 2. The van der Waals surface area contributed by atoms with Gasteiger partial charge in [-0.25, -0.2) is 4.39 Å². The molecule has 0 fully saturated rings. The molecule has 2 aromatic rings. The van der Waals surface area contributed by atoms with Crippen LogP contribution >= 0.6 is 11.6 Å². The summed E-state index contributed by atoms with van der Waals surface area (Å²) in [6, 6.07) is 11.6. The van der Waals surface area contributed by atoms with Gasteiger partial charge in [0.05, 0.1) is 11.1 Å². The Morgan fingerprint density at radius 1 is 1.00 bits per heavy atom. The average molecular weight is 304 g/mol. The normalized spacial score (nSPS) is 15.6. The highest BCUT2D eigenvalue weighted by Crippen LogP contribution is 2.29. The molecule has 0 saturated carbocycles. The summed E-state index contributed by atoms with van der Waals surface area (Å²) in [6.07, 6.45) is 4.87. The third-order valence-electron chi connectivity index (χ3n) is 4.27. The lowest BCUT2D eigenvalue weighted by Gasteiger charge is -2.22. The van der Waals surface area contributed by atoms with Crippen LogP contribution in [0.4, 0.5) is 4.39 Å². The zero-order valence-corrected chi connectivity index (χ0v) is 12.9. The van der Waals surface area contributed by atoms with Crippen LogP contribution in [0.25, 0.3) is 0 Å². The first-order valence-corrected chi connectivity index (χ1v) is 7.81. The van der Waals surface area contributed by atoms with Gasteiger partial charge in [-0.05, 0) is 67.1 Å². The van der Waals surface area contributed by atoms with Crippen molar-refractivity contribution in [3.63, 3.8) is 0 Å². The Labute approximate surface area is 130 Å². The van der Waals surface area contributed by atoms with Crippen molar-refractivity contribution in [3.05, 3.63) is 69.5 Å². The molecule has 0 aliphatic heterocycles. The summed E-state index contributed by atoms with van der Waals surface area (Å²) in [6.45, 7) is 0. The first-order chi connectivity index (χ1) is 10.2. The lowest BCUT2D eigenvalue weighted by atomic mass is 9.88. The van der Waals surface area contributed by atoms with Crippen molar-refractivity contribution in [1.29, 1.82) is 0 Å². The van der Waals surface area contributed by atoms with Crippen molar-refractivity contribution >= 4 is 11.6 Å². The van der Waals surface area contributed by atoms with Crippen LogP contribution in [0.1, 0.15) is 41.1 Å². The summed E-state index contributed by atoms with van der Waals surface area (Å²) >= 11 is 5.77. The average Bonchev–Trinajstić information content (AvgIpc) is 2.51. The largest absolute Gasteiger partial charge is 0.309 e. The quantitative estimate of drug-likeness (QED) is 0.869. The van der Waals surface area contributed by atoms with E-state index in [1.54, 1.807) is 6.07 Å². The van der Waals surface area contributed by atoms with Crippen molar-refractivity contribution in [2.45, 2.75) is 31.7 Å². The van der Waals surface area contributed by atoms with Crippen molar-refractivity contribution in [2.75, 3.05) is 7.05 Å². The molecule has 3 rings (SSSR count). The molecule has 21 heavy (non-hydrogen) atoms. The third-order valence-corrected chi connectivity index (χ3v) is 4.58. The van der Waals surface area contributed by atoms with Crippen LogP contribution in [0.15, 0.2) is 36.4 Å². The van der Waals surface area contributed by atoms with E-state index in [0.29, 0.717) is 0 Å². The van der Waals surface area contributed by atoms with Crippen LogP contribution < -0.4 is 5.32 Å². The number of rotatable bonds is 3. The molecule has 0 saturated heterocycles. The molecule has 0 aromatic heterocycles. The summed E-state index contributed by atoms with van der Waals surface area (Å²) in [4.78, 5) is 0. The minimum atomic E-state index is -0.368. The van der Waals surface area contributed by atoms with E-state index >= 15 is 0 Å². The summed E-state index contributed by atoms with van der Waals surface area (Å²) in [5, 5.41) is 3.44. The molecule has 2 aromatic carbocycles. The lowest BCUT2D eigenvalue weighted by molar-refractivity contribution is 0.616. The first-order valence-electron chi connectivity index (χ1n) is 7.43. The summed E-state index contributed by atoms with van der Waals surface area (Å²) in [5.41, 5.74) is 4.98. The molecule has 1 nitrogen and oxygen atoms in total. The fraction of sp³-hybridized carbons (Fsp3) is 0.333. The van der Waals surface area contributed by atoms with Crippen molar-refractivity contribution in [3.8, 4) is 0 Å². The van der Waals surface area contributed by atoms with E-state index in [-0.39, 0.29) is 16.9 Å². The Morgan fingerprint density at radius 3 is 2.38 bits per heavy atom. The fourth-order valence-electron chi connectivity index (χ4n) is 3.15. The Bertz CT molecular complexity index is 654. The molecular weight excluding hydrogens is 285 g/mol. The van der Waals surface area contributed by atoms with E-state index in [2.05, 4.69) is 23.5 Å². The number of halogens is 2. The number of fused-ring (bicyclic) bond motifs is 1. The van der Waals surface area contributed by atoms with Crippen LogP contribution in [-0.4, -0.2) is 7.05 Å². The van der Waals surface area contributed by atoms with E-state index < -0.39 is 0 Å². The second kappa shape index (κ2) is 6.17. The highest BCUT2D eigenvalue weighted by Gasteiger charge is 2.16. The van der Waals surface area contributed by atoms with Gasteiger partial charge in [-0.3, -0.25) is 0 Å². The molecule has 110 valence electrons. The molecule has 0 bridgehead atoms. The fourth-order valence-corrected chi connectivity index (χ4v) is 3.27. The predicted molar refractivity (Wildman–Crippen MR) is 85.4 cm³/mol. The zero-order chi connectivity index (χ0) is 14.8. The monoisotopic (exact) mass is 303 g/mol. The molecule has 0 spiro atoms. The van der Waals surface area contributed by atoms with Gasteiger partial charge < -0.3 is 5.32 Å². The molecule has 0 amide bonds. The van der Waals surface area contributed by atoms with Gasteiger partial charge in [0, 0.05) is 0 Å². The standard InChI is InChI=1S/C18H19ClFN/c1-21-18(15-8-9-16(19)17(20)11-15)14-7-6-12-4-2-3-5-13(12)10-14/h6-11,18,21H,2-5H2,1H3. The molecule has 0 heterocycles. The highest BCUT2D eigenvalue weighted by molar-refractivity contribution is 6.30. The van der Waals surface area contributed by atoms with Crippen LogP contribution in [0.3, 0.4) is 0 Å². The number of hydrogen-bond donors (Lipinski definition) is 1. The Morgan fingerprint density at radius 2 is 1.67 bits per heavy atom. The zero-order valence-electron chi connectivity index (χ0n) is 12.1. The maximum atomic E-state index is 13.7. The Balaban J connectivity index is 1.97. The van der Waals surface area contributed by atoms with Gasteiger partial charge in [0.15, 0.2) is 0 Å². The van der Waals surface area contributed by atoms with E-state index in [9.17, 15) is 4.39 Å². The maximum absolute atomic E-state index is 13.7. The smallest absolute Gasteiger partial charge is 0.142 e. The van der Waals surface area contributed by atoms with Crippen LogP contribution in [-0.2, 0) is 12.8 Å². The van der Waals surface area contributed by atoms with E-state index in [4.69, 9.17) is 11.6 Å². The number of nitrogens with one attached hydrogen (secondary N) is 1. The molecule has 1 unspecified atom stereocenters. The summed E-state index contributed by atoms with van der Waals surface area (Å²) in [5.74, 6) is -0.368. The van der Waals surface area contributed by atoms with E-state index in [1.807, 2.05) is 13.1 Å². The number of aryl methyl sites for hydroxylation is 2. The van der Waals surface area contributed by atoms with E-state index in [1.165, 1.54) is 42.0 Å². The first kappa shape index (κ1) is 14.6. The van der Waals surface area contributed by atoms with Gasteiger partial charge in [0.2, 0.25) is 0 Å². The van der Waals surface area contributed by atoms with Gasteiger partial charge in [-0.15, -0.1) is 0 Å². The second-order valence-corrected chi connectivity index (χ2v) is 6.04.